The predicted octanol–water partition coefficient (Wildman–Crippen LogP) is 2.28. The maximum atomic E-state index is 12.3. The topological polar surface area (TPSA) is 42.2 Å². The summed E-state index contributed by atoms with van der Waals surface area (Å²) in [5.74, 6) is 0.891. The highest BCUT2D eigenvalue weighted by Crippen LogP contribution is 2.24. The van der Waals surface area contributed by atoms with Gasteiger partial charge in [0.1, 0.15) is 5.76 Å². The summed E-state index contributed by atoms with van der Waals surface area (Å²) in [4.78, 5) is 12.3. The Bertz CT molecular complexity index is 545. The summed E-state index contributed by atoms with van der Waals surface area (Å²) < 4.78 is 5.23. The van der Waals surface area contributed by atoms with E-state index in [9.17, 15) is 4.79 Å². The molecule has 92 valence electrons. The number of rotatable bonds is 3. The molecule has 3 rings (SSSR count). The minimum absolute atomic E-state index is 0.164. The summed E-state index contributed by atoms with van der Waals surface area (Å²) in [7, 11) is 0. The van der Waals surface area contributed by atoms with E-state index < -0.39 is 0 Å². The van der Waals surface area contributed by atoms with Gasteiger partial charge in [-0.3, -0.25) is 4.79 Å². The first-order valence-corrected chi connectivity index (χ1v) is 6.21. The molecule has 0 aliphatic carbocycles. The maximum absolute atomic E-state index is 12.3. The molecule has 1 N–H and O–H groups in total. The monoisotopic (exact) mass is 241 g/mol. The van der Waals surface area contributed by atoms with Crippen molar-refractivity contribution in [3.8, 4) is 0 Å². The first-order chi connectivity index (χ1) is 8.84. The zero-order valence-electron chi connectivity index (χ0n) is 10.1. The maximum Gasteiger partial charge on any atom is 0.161 e. The van der Waals surface area contributed by atoms with Crippen molar-refractivity contribution in [2.24, 2.45) is 0 Å². The number of fused-ring (bicyclic) bond motifs is 1. The van der Waals surface area contributed by atoms with Gasteiger partial charge in [0.2, 0.25) is 0 Å². The lowest BCUT2D eigenvalue weighted by molar-refractivity contribution is -0.121. The first-order valence-electron chi connectivity index (χ1n) is 6.21. The largest absolute Gasteiger partial charge is 0.469 e. The van der Waals surface area contributed by atoms with Crippen LogP contribution in [0.5, 0.6) is 0 Å². The summed E-state index contributed by atoms with van der Waals surface area (Å²) in [5, 5.41) is 3.30. The van der Waals surface area contributed by atoms with Crippen LogP contribution in [0, 0.1) is 0 Å². The third-order valence-corrected chi connectivity index (χ3v) is 3.36. The van der Waals surface area contributed by atoms with Gasteiger partial charge in [0.15, 0.2) is 5.78 Å². The van der Waals surface area contributed by atoms with Crippen LogP contribution in [0.25, 0.3) is 0 Å². The summed E-state index contributed by atoms with van der Waals surface area (Å²) in [6.45, 7) is 0.853. The molecule has 1 aromatic heterocycles. The average molecular weight is 241 g/mol. The highest BCUT2D eigenvalue weighted by Gasteiger charge is 2.25. The molecule has 2 aromatic rings. The second kappa shape index (κ2) is 4.78. The number of hydrogen-bond acceptors (Lipinski definition) is 3. The van der Waals surface area contributed by atoms with E-state index >= 15 is 0 Å². The fraction of sp³-hybridized carbons (Fsp3) is 0.267. The molecule has 0 amide bonds. The standard InChI is InChI=1S/C15H15NO2/c17-14(10-12-5-3-9-18-12)15-13-6-2-1-4-11(13)7-8-16-15/h1-6,9,15-16H,7-8,10H2. The lowest BCUT2D eigenvalue weighted by Gasteiger charge is -2.25. The molecule has 0 fully saturated rings. The van der Waals surface area contributed by atoms with Gasteiger partial charge in [-0.25, -0.2) is 0 Å². The molecule has 1 unspecified atom stereocenters. The summed E-state index contributed by atoms with van der Waals surface area (Å²) in [5.41, 5.74) is 2.38. The number of carbonyl (C=O) groups excluding carboxylic acids is 1. The Morgan fingerprint density at radius 3 is 3.00 bits per heavy atom. The highest BCUT2D eigenvalue weighted by atomic mass is 16.3. The molecule has 18 heavy (non-hydrogen) atoms. The van der Waals surface area contributed by atoms with Gasteiger partial charge >= 0.3 is 0 Å². The van der Waals surface area contributed by atoms with Crippen LogP contribution in [-0.2, 0) is 17.6 Å². The van der Waals surface area contributed by atoms with Crippen LogP contribution in [0.4, 0.5) is 0 Å². The van der Waals surface area contributed by atoms with Crippen molar-refractivity contribution in [1.29, 1.82) is 0 Å². The van der Waals surface area contributed by atoms with Crippen molar-refractivity contribution in [2.75, 3.05) is 6.54 Å². The Kier molecular flexibility index (Phi) is 2.99. The minimum Gasteiger partial charge on any atom is -0.469 e. The molecule has 2 heterocycles. The quantitative estimate of drug-likeness (QED) is 0.896. The molecular weight excluding hydrogens is 226 g/mol. The zero-order chi connectivity index (χ0) is 12.4. The summed E-state index contributed by atoms with van der Waals surface area (Å²) >= 11 is 0. The number of furan rings is 1. The van der Waals surface area contributed by atoms with Gasteiger partial charge in [0, 0.05) is 6.54 Å². The van der Waals surface area contributed by atoms with Gasteiger partial charge in [-0.1, -0.05) is 24.3 Å². The summed E-state index contributed by atoms with van der Waals surface area (Å²) in [6, 6.07) is 11.6. The van der Waals surface area contributed by atoms with Gasteiger partial charge in [-0.15, -0.1) is 0 Å². The molecule has 0 bridgehead atoms. The normalized spacial score (nSPS) is 18.3. The number of hydrogen-bond donors (Lipinski definition) is 1. The number of nitrogens with one attached hydrogen (secondary N) is 1. The van der Waals surface area contributed by atoms with Gasteiger partial charge in [0.25, 0.3) is 0 Å². The van der Waals surface area contributed by atoms with Crippen LogP contribution in [0.2, 0.25) is 0 Å². The molecule has 0 spiro atoms. The third kappa shape index (κ3) is 2.09. The van der Waals surface area contributed by atoms with E-state index in [0.29, 0.717) is 6.42 Å². The van der Waals surface area contributed by atoms with Gasteiger partial charge in [0.05, 0.1) is 18.7 Å². The SMILES string of the molecule is O=C(Cc1ccco1)C1NCCc2ccccc21. The third-order valence-electron chi connectivity index (χ3n) is 3.36. The molecule has 1 aliphatic rings. The molecule has 1 atom stereocenters. The first kappa shape index (κ1) is 11.2. The van der Waals surface area contributed by atoms with Crippen LogP contribution in [0.15, 0.2) is 47.1 Å². The zero-order valence-corrected chi connectivity index (χ0v) is 10.1. The Morgan fingerprint density at radius 2 is 2.17 bits per heavy atom. The van der Waals surface area contributed by atoms with E-state index in [0.717, 1.165) is 24.3 Å². The smallest absolute Gasteiger partial charge is 0.161 e. The molecule has 0 radical (unpaired) electrons. The summed E-state index contributed by atoms with van der Waals surface area (Å²) in [6.07, 6.45) is 2.94. The Labute approximate surface area is 106 Å². The van der Waals surface area contributed by atoms with Crippen LogP contribution in [0.3, 0.4) is 0 Å². The van der Waals surface area contributed by atoms with Crippen molar-refractivity contribution in [3.05, 3.63) is 59.5 Å². The molecule has 0 saturated heterocycles. The van der Waals surface area contributed by atoms with E-state index in [1.807, 2.05) is 30.3 Å². The lowest BCUT2D eigenvalue weighted by Crippen LogP contribution is -2.35. The average Bonchev–Trinajstić information content (AvgIpc) is 2.91. The van der Waals surface area contributed by atoms with Crippen molar-refractivity contribution < 1.29 is 9.21 Å². The van der Waals surface area contributed by atoms with E-state index in [4.69, 9.17) is 4.42 Å². The lowest BCUT2D eigenvalue weighted by atomic mass is 9.91. The van der Waals surface area contributed by atoms with Crippen molar-refractivity contribution >= 4 is 5.78 Å². The van der Waals surface area contributed by atoms with Crippen molar-refractivity contribution in [2.45, 2.75) is 18.9 Å². The molecular formula is C15H15NO2. The predicted molar refractivity (Wildman–Crippen MR) is 68.3 cm³/mol. The van der Waals surface area contributed by atoms with Gasteiger partial charge in [-0.2, -0.15) is 0 Å². The van der Waals surface area contributed by atoms with Crippen molar-refractivity contribution in [1.82, 2.24) is 5.32 Å². The van der Waals surface area contributed by atoms with Crippen LogP contribution < -0.4 is 5.32 Å². The minimum atomic E-state index is -0.194. The van der Waals surface area contributed by atoms with E-state index in [1.165, 1.54) is 5.56 Å². The number of ketones is 1. The molecule has 1 aromatic carbocycles. The highest BCUT2D eigenvalue weighted by molar-refractivity contribution is 5.87. The Balaban J connectivity index is 1.83. The Hall–Kier alpha value is -1.87. The molecule has 3 nitrogen and oxygen atoms in total. The van der Waals surface area contributed by atoms with Gasteiger partial charge < -0.3 is 9.73 Å². The fourth-order valence-electron chi connectivity index (χ4n) is 2.48. The Morgan fingerprint density at radius 1 is 1.28 bits per heavy atom. The van der Waals surface area contributed by atoms with E-state index in [-0.39, 0.29) is 11.8 Å². The van der Waals surface area contributed by atoms with Crippen LogP contribution >= 0.6 is 0 Å². The molecule has 0 saturated carbocycles. The van der Waals surface area contributed by atoms with E-state index in [2.05, 4.69) is 11.4 Å². The number of benzene rings is 1. The second-order valence-corrected chi connectivity index (χ2v) is 4.56. The molecule has 1 aliphatic heterocycles. The van der Waals surface area contributed by atoms with Crippen molar-refractivity contribution in [3.63, 3.8) is 0 Å². The molecule has 3 heteroatoms. The van der Waals surface area contributed by atoms with Gasteiger partial charge in [-0.05, 0) is 29.7 Å². The van der Waals surface area contributed by atoms with Crippen LogP contribution in [0.1, 0.15) is 22.9 Å². The second-order valence-electron chi connectivity index (χ2n) is 4.56. The van der Waals surface area contributed by atoms with Crippen LogP contribution in [-0.4, -0.2) is 12.3 Å². The number of Topliss-reactive ketones (excluding diaryl/α,β-unsaturated/α-hetero) is 1. The fourth-order valence-corrected chi connectivity index (χ4v) is 2.48. The van der Waals surface area contributed by atoms with E-state index in [1.54, 1.807) is 6.26 Å². The number of carbonyl (C=O) groups is 1.